The van der Waals surface area contributed by atoms with Gasteiger partial charge in [-0.2, -0.15) is 9.40 Å². The summed E-state index contributed by atoms with van der Waals surface area (Å²) in [5, 5.41) is 6.93. The Balaban J connectivity index is 2.18. The normalized spacial score (nSPS) is 12.0. The number of amides is 1. The molecule has 1 amide bonds. The van der Waals surface area contributed by atoms with Crippen molar-refractivity contribution >= 4 is 39.0 Å². The molecule has 2 aromatic rings. The molecular formula is C11H14ClN5O3S. The summed E-state index contributed by atoms with van der Waals surface area (Å²) in [5.74, 6) is -0.272. The largest absolute Gasteiger partial charge is 0.309 e. The van der Waals surface area contributed by atoms with Crippen molar-refractivity contribution in [2.24, 2.45) is 0 Å². The third-order valence-electron chi connectivity index (χ3n) is 2.71. The van der Waals surface area contributed by atoms with Crippen molar-refractivity contribution in [1.29, 1.82) is 0 Å². The quantitative estimate of drug-likeness (QED) is 0.824. The summed E-state index contributed by atoms with van der Waals surface area (Å²) in [6, 6.07) is 3.16. The minimum Gasteiger partial charge on any atom is -0.309 e. The number of carbonyl (C=O) groups excluding carboxylic acids is 1. The summed E-state index contributed by atoms with van der Waals surface area (Å²) < 4.78 is 24.9. The van der Waals surface area contributed by atoms with E-state index in [0.29, 0.717) is 10.8 Å². The monoisotopic (exact) mass is 331 g/mol. The van der Waals surface area contributed by atoms with Crippen LogP contribution in [0.1, 0.15) is 5.69 Å². The number of anilines is 1. The van der Waals surface area contributed by atoms with Gasteiger partial charge in [-0.25, -0.2) is 17.9 Å². The van der Waals surface area contributed by atoms with Gasteiger partial charge in [0.05, 0.1) is 18.5 Å². The zero-order chi connectivity index (χ0) is 15.8. The van der Waals surface area contributed by atoms with Crippen LogP contribution in [0.5, 0.6) is 0 Å². The summed E-state index contributed by atoms with van der Waals surface area (Å²) in [6.07, 6.45) is 1.02. The summed E-state index contributed by atoms with van der Waals surface area (Å²) in [5.41, 5.74) is 1.23. The minimum absolute atomic E-state index is 0.235. The van der Waals surface area contributed by atoms with Crippen molar-refractivity contribution in [1.82, 2.24) is 18.9 Å². The van der Waals surface area contributed by atoms with E-state index in [4.69, 9.17) is 11.6 Å². The number of aryl methyl sites for hydroxylation is 1. The number of rotatable bonds is 4. The maximum Gasteiger partial charge on any atom is 0.240 e. The van der Waals surface area contributed by atoms with Crippen LogP contribution in [0.2, 0.25) is 5.15 Å². The van der Waals surface area contributed by atoms with Crippen molar-refractivity contribution in [2.75, 3.05) is 25.2 Å². The molecule has 0 atom stereocenters. The zero-order valence-electron chi connectivity index (χ0n) is 11.7. The predicted molar refractivity (Wildman–Crippen MR) is 78.8 cm³/mol. The van der Waals surface area contributed by atoms with Crippen molar-refractivity contribution in [3.63, 3.8) is 0 Å². The molecular weight excluding hydrogens is 318 g/mol. The van der Waals surface area contributed by atoms with Crippen LogP contribution in [0.4, 0.5) is 5.82 Å². The first-order chi connectivity index (χ1) is 9.66. The number of hydrogen-bond donors (Lipinski definition) is 1. The number of hydrogen-bond acceptors (Lipinski definition) is 5. The van der Waals surface area contributed by atoms with Gasteiger partial charge in [0.1, 0.15) is 11.0 Å². The van der Waals surface area contributed by atoms with E-state index >= 15 is 0 Å². The van der Waals surface area contributed by atoms with Crippen molar-refractivity contribution < 1.29 is 13.2 Å². The average Bonchev–Trinajstić information content (AvgIpc) is 2.68. The molecule has 0 saturated carbocycles. The molecule has 0 radical (unpaired) electrons. The number of likely N-dealkylation sites (N-methyl/N-ethyl adjacent to an activating group) is 1. The Kier molecular flexibility index (Phi) is 4.17. The summed E-state index contributed by atoms with van der Waals surface area (Å²) in [7, 11) is -2.10. The fourth-order valence-corrected chi connectivity index (χ4v) is 2.20. The molecule has 0 saturated heterocycles. The van der Waals surface area contributed by atoms with Crippen molar-refractivity contribution in [3.8, 4) is 0 Å². The first kappa shape index (κ1) is 15.7. The lowest BCUT2D eigenvalue weighted by Gasteiger charge is -2.13. The minimum atomic E-state index is -3.42. The lowest BCUT2D eigenvalue weighted by Crippen LogP contribution is -2.34. The van der Waals surface area contributed by atoms with E-state index in [0.717, 1.165) is 16.3 Å². The molecule has 0 spiro atoms. The summed E-state index contributed by atoms with van der Waals surface area (Å²) >= 11 is 6.04. The van der Waals surface area contributed by atoms with Gasteiger partial charge in [-0.3, -0.25) is 4.79 Å². The Labute approximate surface area is 126 Å². The number of aromatic nitrogens is 3. The molecule has 0 aromatic carbocycles. The molecule has 21 heavy (non-hydrogen) atoms. The third kappa shape index (κ3) is 3.69. The van der Waals surface area contributed by atoms with Crippen LogP contribution in [-0.4, -0.2) is 53.1 Å². The van der Waals surface area contributed by atoms with Crippen LogP contribution >= 0.6 is 11.6 Å². The second-order valence-electron chi connectivity index (χ2n) is 4.59. The van der Waals surface area contributed by atoms with Gasteiger partial charge in [-0.1, -0.05) is 11.6 Å². The third-order valence-corrected chi connectivity index (χ3v) is 4.24. The Morgan fingerprint density at radius 2 is 2.14 bits per heavy atom. The first-order valence-corrected chi connectivity index (χ1v) is 8.13. The lowest BCUT2D eigenvalue weighted by atomic mass is 10.4. The molecule has 2 rings (SSSR count). The smallest absolute Gasteiger partial charge is 0.240 e. The van der Waals surface area contributed by atoms with Gasteiger partial charge in [-0.15, -0.1) is 0 Å². The lowest BCUT2D eigenvalue weighted by molar-refractivity contribution is -0.116. The highest BCUT2D eigenvalue weighted by Gasteiger charge is 2.16. The highest BCUT2D eigenvalue weighted by Crippen LogP contribution is 2.17. The van der Waals surface area contributed by atoms with Crippen LogP contribution in [0.3, 0.4) is 0 Å². The summed E-state index contributed by atoms with van der Waals surface area (Å²) in [6.45, 7) is 1.49. The van der Waals surface area contributed by atoms with Crippen LogP contribution in [0.15, 0.2) is 12.1 Å². The molecule has 1 N–H and O–H groups in total. The van der Waals surface area contributed by atoms with E-state index in [1.54, 1.807) is 13.0 Å². The highest BCUT2D eigenvalue weighted by atomic mass is 35.5. The molecule has 8 nitrogen and oxygen atoms in total. The van der Waals surface area contributed by atoms with Gasteiger partial charge < -0.3 is 5.32 Å². The molecule has 0 bridgehead atoms. The van der Waals surface area contributed by atoms with E-state index in [9.17, 15) is 13.2 Å². The fourth-order valence-electron chi connectivity index (χ4n) is 1.62. The number of carbonyl (C=O) groups is 1. The Morgan fingerprint density at radius 1 is 1.48 bits per heavy atom. The molecule has 2 aromatic heterocycles. The first-order valence-electron chi connectivity index (χ1n) is 5.91. The van der Waals surface area contributed by atoms with Gasteiger partial charge >= 0.3 is 0 Å². The molecule has 0 aliphatic carbocycles. The zero-order valence-corrected chi connectivity index (χ0v) is 13.2. The number of fused-ring (bicyclic) bond motifs is 1. The Morgan fingerprint density at radius 3 is 2.76 bits per heavy atom. The molecule has 0 aliphatic rings. The van der Waals surface area contributed by atoms with Crippen molar-refractivity contribution in [2.45, 2.75) is 6.92 Å². The Bertz CT molecular complexity index is 802. The SMILES string of the molecule is Cc1cc2nc(NC(=O)CN(C)S(C)(=O)=O)cc(Cl)n2n1. The topological polar surface area (TPSA) is 96.7 Å². The van der Waals surface area contributed by atoms with Crippen LogP contribution < -0.4 is 5.32 Å². The number of nitrogens with one attached hydrogen (secondary N) is 1. The molecule has 114 valence electrons. The van der Waals surface area contributed by atoms with Gasteiger partial charge in [0.25, 0.3) is 0 Å². The molecule has 0 fully saturated rings. The molecule has 0 unspecified atom stereocenters. The van der Waals surface area contributed by atoms with Gasteiger partial charge in [0.15, 0.2) is 5.65 Å². The second-order valence-corrected chi connectivity index (χ2v) is 7.06. The maximum absolute atomic E-state index is 11.8. The number of sulfonamides is 1. The average molecular weight is 332 g/mol. The molecule has 2 heterocycles. The molecule has 0 aliphatic heterocycles. The van der Waals surface area contributed by atoms with E-state index in [1.165, 1.54) is 17.6 Å². The number of halogens is 1. The highest BCUT2D eigenvalue weighted by molar-refractivity contribution is 7.88. The molecule has 10 heteroatoms. The van der Waals surface area contributed by atoms with Crippen LogP contribution in [-0.2, 0) is 14.8 Å². The fraction of sp³-hybridized carbons (Fsp3) is 0.364. The van der Waals surface area contributed by atoms with Crippen LogP contribution in [0, 0.1) is 6.92 Å². The van der Waals surface area contributed by atoms with Crippen LogP contribution in [0.25, 0.3) is 5.65 Å². The maximum atomic E-state index is 11.8. The van der Waals surface area contributed by atoms with E-state index in [-0.39, 0.29) is 12.4 Å². The Hall–Kier alpha value is -1.71. The van der Waals surface area contributed by atoms with Gasteiger partial charge in [-0.05, 0) is 6.92 Å². The van der Waals surface area contributed by atoms with Crippen molar-refractivity contribution in [3.05, 3.63) is 23.0 Å². The standard InChI is InChI=1S/C11H14ClN5O3S/c1-7-4-10-13-9(5-8(12)17(10)15-7)14-11(18)6-16(2)21(3,19)20/h4-5H,6H2,1-3H3,(H,13,14,18). The predicted octanol–water partition coefficient (Wildman–Crippen LogP) is 0.521. The van der Waals surface area contributed by atoms with E-state index in [1.807, 2.05) is 0 Å². The van der Waals surface area contributed by atoms with E-state index < -0.39 is 15.9 Å². The van der Waals surface area contributed by atoms with Gasteiger partial charge in [0, 0.05) is 19.2 Å². The summed E-state index contributed by atoms with van der Waals surface area (Å²) in [4.78, 5) is 16.0. The van der Waals surface area contributed by atoms with E-state index in [2.05, 4.69) is 15.4 Å². The number of nitrogens with zero attached hydrogens (tertiary/aromatic N) is 4. The van der Waals surface area contributed by atoms with Gasteiger partial charge in [0.2, 0.25) is 15.9 Å². The second kappa shape index (κ2) is 5.58.